The van der Waals surface area contributed by atoms with Crippen molar-refractivity contribution in [2.75, 3.05) is 0 Å². The van der Waals surface area contributed by atoms with E-state index in [0.29, 0.717) is 0 Å². The number of nitrogens with zero attached hydrogens (tertiary/aromatic N) is 1. The van der Waals surface area contributed by atoms with Gasteiger partial charge in [0.05, 0.1) is 0 Å². The SMILES string of the molecule is Cc1csc(Sc2ccc([C@@H](C)N)cc2)n1. The summed E-state index contributed by atoms with van der Waals surface area (Å²) in [5.41, 5.74) is 8.05. The number of hydrogen-bond donors (Lipinski definition) is 1. The number of aromatic nitrogens is 1. The van der Waals surface area contributed by atoms with Crippen molar-refractivity contribution in [1.82, 2.24) is 4.98 Å². The Hall–Kier alpha value is -0.840. The molecule has 0 unspecified atom stereocenters. The second-order valence-corrected chi connectivity index (χ2v) is 5.89. The highest BCUT2D eigenvalue weighted by atomic mass is 32.2. The fraction of sp³-hybridized carbons (Fsp3) is 0.250. The topological polar surface area (TPSA) is 38.9 Å². The molecule has 0 aliphatic rings. The number of aryl methyl sites for hydroxylation is 1. The number of rotatable bonds is 3. The van der Waals surface area contributed by atoms with Crippen molar-refractivity contribution in [3.05, 3.63) is 40.9 Å². The molecule has 4 heteroatoms. The maximum absolute atomic E-state index is 5.80. The van der Waals surface area contributed by atoms with Gasteiger partial charge in [-0.25, -0.2) is 4.98 Å². The van der Waals surface area contributed by atoms with Gasteiger partial charge >= 0.3 is 0 Å². The van der Waals surface area contributed by atoms with Gasteiger partial charge < -0.3 is 5.73 Å². The highest BCUT2D eigenvalue weighted by Gasteiger charge is 2.03. The van der Waals surface area contributed by atoms with Crippen LogP contribution < -0.4 is 5.73 Å². The van der Waals surface area contributed by atoms with E-state index in [1.54, 1.807) is 23.1 Å². The van der Waals surface area contributed by atoms with Gasteiger partial charge in [0.25, 0.3) is 0 Å². The molecule has 0 radical (unpaired) electrons. The molecule has 0 amide bonds. The van der Waals surface area contributed by atoms with Crippen LogP contribution in [0.3, 0.4) is 0 Å². The number of thiazole rings is 1. The van der Waals surface area contributed by atoms with E-state index in [4.69, 9.17) is 5.73 Å². The Bertz CT molecular complexity index is 460. The molecule has 0 fully saturated rings. The van der Waals surface area contributed by atoms with Gasteiger partial charge in [-0.1, -0.05) is 23.9 Å². The maximum atomic E-state index is 5.80. The van der Waals surface area contributed by atoms with Crippen molar-refractivity contribution in [1.29, 1.82) is 0 Å². The summed E-state index contributed by atoms with van der Waals surface area (Å²) in [6.45, 7) is 4.01. The van der Waals surface area contributed by atoms with E-state index in [1.165, 1.54) is 10.5 Å². The van der Waals surface area contributed by atoms with Crippen molar-refractivity contribution in [2.24, 2.45) is 5.73 Å². The molecule has 1 atom stereocenters. The Kier molecular flexibility index (Phi) is 3.63. The molecule has 1 heterocycles. The summed E-state index contributed by atoms with van der Waals surface area (Å²) < 4.78 is 1.09. The Labute approximate surface area is 104 Å². The number of nitrogens with two attached hydrogens (primary N) is 1. The van der Waals surface area contributed by atoms with Crippen molar-refractivity contribution < 1.29 is 0 Å². The lowest BCUT2D eigenvalue weighted by Crippen LogP contribution is -2.04. The summed E-state index contributed by atoms with van der Waals surface area (Å²) >= 11 is 3.38. The van der Waals surface area contributed by atoms with Gasteiger partial charge in [-0.3, -0.25) is 0 Å². The van der Waals surface area contributed by atoms with Crippen LogP contribution in [-0.4, -0.2) is 4.98 Å². The summed E-state index contributed by atoms with van der Waals surface area (Å²) in [4.78, 5) is 5.63. The van der Waals surface area contributed by atoms with E-state index in [1.807, 2.05) is 13.8 Å². The molecule has 84 valence electrons. The molecule has 0 spiro atoms. The minimum atomic E-state index is 0.0983. The molecule has 2 nitrogen and oxygen atoms in total. The Balaban J connectivity index is 2.11. The first kappa shape index (κ1) is 11.6. The predicted molar refractivity (Wildman–Crippen MR) is 70.0 cm³/mol. The molecule has 0 aliphatic heterocycles. The molecular weight excluding hydrogens is 236 g/mol. The fourth-order valence-corrected chi connectivity index (χ4v) is 3.13. The van der Waals surface area contributed by atoms with Crippen molar-refractivity contribution in [3.63, 3.8) is 0 Å². The zero-order valence-electron chi connectivity index (χ0n) is 9.31. The van der Waals surface area contributed by atoms with Crippen LogP contribution in [0.15, 0.2) is 38.9 Å². The summed E-state index contributed by atoms with van der Waals surface area (Å²) in [5, 5.41) is 2.07. The van der Waals surface area contributed by atoms with Crippen LogP contribution in [0, 0.1) is 6.92 Å². The lowest BCUT2D eigenvalue weighted by atomic mass is 10.1. The van der Waals surface area contributed by atoms with Gasteiger partial charge in [0.1, 0.15) is 0 Å². The van der Waals surface area contributed by atoms with E-state index in [9.17, 15) is 0 Å². The van der Waals surface area contributed by atoms with Crippen LogP contribution in [0.4, 0.5) is 0 Å². The lowest BCUT2D eigenvalue weighted by Gasteiger charge is -2.05. The van der Waals surface area contributed by atoms with Gasteiger partial charge in [-0.2, -0.15) is 0 Å². The number of hydrogen-bond acceptors (Lipinski definition) is 4. The van der Waals surface area contributed by atoms with Gasteiger partial charge in [-0.15, -0.1) is 11.3 Å². The first-order chi connectivity index (χ1) is 7.65. The third-order valence-electron chi connectivity index (χ3n) is 2.21. The summed E-state index contributed by atoms with van der Waals surface area (Å²) in [6, 6.07) is 8.45. The Morgan fingerprint density at radius 2 is 2.00 bits per heavy atom. The highest BCUT2D eigenvalue weighted by Crippen LogP contribution is 2.30. The molecule has 2 aromatic rings. The van der Waals surface area contributed by atoms with E-state index in [0.717, 1.165) is 10.0 Å². The van der Waals surface area contributed by atoms with Crippen molar-refractivity contribution in [3.8, 4) is 0 Å². The van der Waals surface area contributed by atoms with Gasteiger partial charge in [0.15, 0.2) is 4.34 Å². The van der Waals surface area contributed by atoms with Crippen molar-refractivity contribution in [2.45, 2.75) is 29.1 Å². The van der Waals surface area contributed by atoms with E-state index in [2.05, 4.69) is 34.6 Å². The summed E-state index contributed by atoms with van der Waals surface area (Å²) in [5.74, 6) is 0. The summed E-state index contributed by atoms with van der Waals surface area (Å²) in [7, 11) is 0. The number of benzene rings is 1. The zero-order valence-corrected chi connectivity index (χ0v) is 10.9. The Morgan fingerprint density at radius 3 is 2.50 bits per heavy atom. The molecule has 2 rings (SSSR count). The smallest absolute Gasteiger partial charge is 0.154 e. The van der Waals surface area contributed by atoms with Crippen LogP contribution in [0.25, 0.3) is 0 Å². The third kappa shape index (κ3) is 2.84. The standard InChI is InChI=1S/C12H14N2S2/c1-8-7-15-12(14-8)16-11-5-3-10(4-6-11)9(2)13/h3-7,9H,13H2,1-2H3/t9-/m1/s1. The van der Waals surface area contributed by atoms with Crippen LogP contribution in [-0.2, 0) is 0 Å². The largest absolute Gasteiger partial charge is 0.324 e. The molecule has 0 bridgehead atoms. The Morgan fingerprint density at radius 1 is 1.31 bits per heavy atom. The molecule has 1 aromatic heterocycles. The molecule has 0 saturated heterocycles. The van der Waals surface area contributed by atoms with Crippen LogP contribution in [0.2, 0.25) is 0 Å². The second-order valence-electron chi connectivity index (χ2n) is 3.71. The third-order valence-corrected chi connectivity index (χ3v) is 4.27. The molecule has 0 aliphatic carbocycles. The molecule has 16 heavy (non-hydrogen) atoms. The summed E-state index contributed by atoms with van der Waals surface area (Å²) in [6.07, 6.45) is 0. The first-order valence-corrected chi connectivity index (χ1v) is 6.80. The molecule has 2 N–H and O–H groups in total. The van der Waals surface area contributed by atoms with E-state index >= 15 is 0 Å². The van der Waals surface area contributed by atoms with Gasteiger partial charge in [-0.05, 0) is 31.5 Å². The lowest BCUT2D eigenvalue weighted by molar-refractivity contribution is 0.817. The molecular formula is C12H14N2S2. The molecule has 1 aromatic carbocycles. The quantitative estimate of drug-likeness (QED) is 0.904. The van der Waals surface area contributed by atoms with Crippen LogP contribution in [0.5, 0.6) is 0 Å². The monoisotopic (exact) mass is 250 g/mol. The highest BCUT2D eigenvalue weighted by molar-refractivity contribution is 8.01. The fourth-order valence-electron chi connectivity index (χ4n) is 1.32. The molecule has 0 saturated carbocycles. The normalized spacial score (nSPS) is 12.7. The average molecular weight is 250 g/mol. The van der Waals surface area contributed by atoms with E-state index < -0.39 is 0 Å². The minimum Gasteiger partial charge on any atom is -0.324 e. The maximum Gasteiger partial charge on any atom is 0.154 e. The van der Waals surface area contributed by atoms with Crippen LogP contribution in [0.1, 0.15) is 24.2 Å². The van der Waals surface area contributed by atoms with Gasteiger partial charge in [0.2, 0.25) is 0 Å². The second kappa shape index (κ2) is 4.99. The van der Waals surface area contributed by atoms with Crippen LogP contribution >= 0.6 is 23.1 Å². The first-order valence-electron chi connectivity index (χ1n) is 5.10. The average Bonchev–Trinajstić information content (AvgIpc) is 2.65. The van der Waals surface area contributed by atoms with E-state index in [-0.39, 0.29) is 6.04 Å². The minimum absolute atomic E-state index is 0.0983. The van der Waals surface area contributed by atoms with Crippen molar-refractivity contribution >= 4 is 23.1 Å². The predicted octanol–water partition coefficient (Wildman–Crippen LogP) is 3.62. The van der Waals surface area contributed by atoms with Gasteiger partial charge in [0, 0.05) is 22.0 Å². The zero-order chi connectivity index (χ0) is 11.5.